The van der Waals surface area contributed by atoms with E-state index in [1.165, 1.54) is 11.3 Å². The fraction of sp³-hybridized carbons (Fsp3) is 0.304. The molecule has 5 rings (SSSR count). The molecule has 1 saturated heterocycles. The number of hydrogen-bond donors (Lipinski definition) is 1. The number of nitrogens with one attached hydrogen (secondary N) is 1. The Balaban J connectivity index is 1.32. The van der Waals surface area contributed by atoms with Crippen LogP contribution < -0.4 is 10.2 Å². The molecule has 168 valence electrons. The molecule has 1 aliphatic heterocycles. The third kappa shape index (κ3) is 4.67. The second-order valence-electron chi connectivity index (χ2n) is 8.20. The van der Waals surface area contributed by atoms with Crippen molar-refractivity contribution in [1.29, 1.82) is 0 Å². The van der Waals surface area contributed by atoms with Gasteiger partial charge in [-0.1, -0.05) is 11.3 Å². The van der Waals surface area contributed by atoms with Crippen molar-refractivity contribution < 1.29 is 4.79 Å². The number of nitrogens with zero attached hydrogens (tertiary/aromatic N) is 7. The van der Waals surface area contributed by atoms with Crippen molar-refractivity contribution in [1.82, 2.24) is 30.0 Å². The van der Waals surface area contributed by atoms with Gasteiger partial charge in [0.25, 0.3) is 5.91 Å². The SMILES string of the molecule is CC(C)N1CCN(c2cc(C(=O)Nc3cc4cc(-c5nncs5)cnc4cn3)ccn2)CC1. The molecule has 0 bridgehead atoms. The Kier molecular flexibility index (Phi) is 5.93. The lowest BCUT2D eigenvalue weighted by Crippen LogP contribution is -2.49. The number of anilines is 2. The minimum atomic E-state index is -0.223. The molecule has 0 radical (unpaired) electrons. The van der Waals surface area contributed by atoms with Crippen molar-refractivity contribution in [3.05, 3.63) is 53.9 Å². The normalized spacial score (nSPS) is 14.7. The molecule has 10 heteroatoms. The minimum absolute atomic E-state index is 0.223. The van der Waals surface area contributed by atoms with Crippen LogP contribution >= 0.6 is 11.3 Å². The molecule has 0 aliphatic carbocycles. The van der Waals surface area contributed by atoms with Crippen LogP contribution in [-0.2, 0) is 0 Å². The second kappa shape index (κ2) is 9.16. The molecular weight excluding hydrogens is 436 g/mol. The highest BCUT2D eigenvalue weighted by Gasteiger charge is 2.20. The molecule has 9 nitrogen and oxygen atoms in total. The van der Waals surface area contributed by atoms with Gasteiger partial charge in [-0.15, -0.1) is 10.2 Å². The number of carbonyl (C=O) groups is 1. The van der Waals surface area contributed by atoms with Crippen LogP contribution in [0.2, 0.25) is 0 Å². The minimum Gasteiger partial charge on any atom is -0.354 e. The third-order valence-electron chi connectivity index (χ3n) is 5.79. The summed E-state index contributed by atoms with van der Waals surface area (Å²) in [6.45, 7) is 8.20. The maximum atomic E-state index is 12.9. The molecule has 0 atom stereocenters. The van der Waals surface area contributed by atoms with Crippen LogP contribution in [0, 0.1) is 0 Å². The van der Waals surface area contributed by atoms with Gasteiger partial charge in [0.1, 0.15) is 22.2 Å². The van der Waals surface area contributed by atoms with Gasteiger partial charge in [-0.05, 0) is 38.1 Å². The number of aromatic nitrogens is 5. The average molecular weight is 461 g/mol. The second-order valence-corrected chi connectivity index (χ2v) is 9.04. The molecule has 1 fully saturated rings. The van der Waals surface area contributed by atoms with Crippen molar-refractivity contribution in [3.63, 3.8) is 0 Å². The monoisotopic (exact) mass is 460 g/mol. The maximum Gasteiger partial charge on any atom is 0.257 e. The number of pyridine rings is 3. The van der Waals surface area contributed by atoms with Gasteiger partial charge in [0.2, 0.25) is 0 Å². The molecule has 33 heavy (non-hydrogen) atoms. The summed E-state index contributed by atoms with van der Waals surface area (Å²) in [7, 11) is 0. The van der Waals surface area contributed by atoms with E-state index in [1.807, 2.05) is 18.2 Å². The summed E-state index contributed by atoms with van der Waals surface area (Å²) in [5.41, 5.74) is 3.86. The Morgan fingerprint density at radius 1 is 1.06 bits per heavy atom. The van der Waals surface area contributed by atoms with Crippen LogP contribution in [0.1, 0.15) is 24.2 Å². The average Bonchev–Trinajstić information content (AvgIpc) is 3.39. The van der Waals surface area contributed by atoms with E-state index in [9.17, 15) is 4.79 Å². The zero-order valence-corrected chi connectivity index (χ0v) is 19.3. The first kappa shape index (κ1) is 21.4. The number of amides is 1. The Morgan fingerprint density at radius 2 is 1.91 bits per heavy atom. The lowest BCUT2D eigenvalue weighted by molar-refractivity contribution is 0.102. The van der Waals surface area contributed by atoms with Crippen LogP contribution in [0.4, 0.5) is 11.6 Å². The van der Waals surface area contributed by atoms with Crippen molar-refractivity contribution in [3.8, 4) is 10.6 Å². The van der Waals surface area contributed by atoms with Crippen LogP contribution in [0.3, 0.4) is 0 Å². The predicted molar refractivity (Wildman–Crippen MR) is 130 cm³/mol. The Labute approximate surface area is 195 Å². The molecule has 4 aromatic rings. The molecule has 5 heterocycles. The van der Waals surface area contributed by atoms with Crippen LogP contribution in [0.15, 0.2) is 48.4 Å². The van der Waals surface area contributed by atoms with Crippen molar-refractivity contribution >= 4 is 39.8 Å². The molecule has 0 spiro atoms. The van der Waals surface area contributed by atoms with E-state index in [4.69, 9.17) is 0 Å². The van der Waals surface area contributed by atoms with Crippen LogP contribution in [-0.4, -0.2) is 68.2 Å². The maximum absolute atomic E-state index is 12.9. The number of rotatable bonds is 5. The largest absolute Gasteiger partial charge is 0.354 e. The van der Waals surface area contributed by atoms with Gasteiger partial charge in [0, 0.05) is 61.1 Å². The molecule has 1 aliphatic rings. The van der Waals surface area contributed by atoms with Crippen molar-refractivity contribution in [2.24, 2.45) is 0 Å². The summed E-state index contributed by atoms with van der Waals surface area (Å²) in [6, 6.07) is 7.89. The van der Waals surface area contributed by atoms with Crippen LogP contribution in [0.5, 0.6) is 0 Å². The highest BCUT2D eigenvalue weighted by molar-refractivity contribution is 7.12. The summed E-state index contributed by atoms with van der Waals surface area (Å²) < 4.78 is 0. The van der Waals surface area contributed by atoms with Crippen molar-refractivity contribution in [2.75, 3.05) is 36.4 Å². The van der Waals surface area contributed by atoms with Gasteiger partial charge >= 0.3 is 0 Å². The molecule has 1 amide bonds. The highest BCUT2D eigenvalue weighted by Crippen LogP contribution is 2.25. The Morgan fingerprint density at radius 3 is 2.67 bits per heavy atom. The van der Waals surface area contributed by atoms with Crippen molar-refractivity contribution in [2.45, 2.75) is 19.9 Å². The number of fused-ring (bicyclic) bond motifs is 1. The van der Waals surface area contributed by atoms with E-state index in [2.05, 4.69) is 54.1 Å². The smallest absolute Gasteiger partial charge is 0.257 e. The van der Waals surface area contributed by atoms with Gasteiger partial charge in [-0.2, -0.15) is 0 Å². The standard InChI is InChI=1S/C23H24N8OS/c1-15(2)30-5-7-31(8-6-30)21-11-16(3-4-24-21)22(32)28-20-10-17-9-18(23-29-27-14-33-23)12-25-19(17)13-26-20/h3-4,9-15H,5-8H2,1-2H3,(H,26,28,32). The number of piperazine rings is 1. The van der Waals surface area contributed by atoms with E-state index in [-0.39, 0.29) is 5.91 Å². The zero-order valence-electron chi connectivity index (χ0n) is 18.5. The summed E-state index contributed by atoms with van der Waals surface area (Å²) >= 11 is 1.45. The van der Waals surface area contributed by atoms with Gasteiger partial charge in [0.15, 0.2) is 0 Å². The van der Waals surface area contributed by atoms with Gasteiger partial charge in [-0.25, -0.2) is 9.97 Å². The Bertz CT molecular complexity index is 1270. The van der Waals surface area contributed by atoms with E-state index >= 15 is 0 Å². The summed E-state index contributed by atoms with van der Waals surface area (Å²) in [5.74, 6) is 1.07. The lowest BCUT2D eigenvalue weighted by atomic mass is 10.2. The predicted octanol–water partition coefficient (Wildman–Crippen LogP) is 3.33. The van der Waals surface area contributed by atoms with Gasteiger partial charge < -0.3 is 10.2 Å². The first-order valence-electron chi connectivity index (χ1n) is 10.9. The molecule has 1 N–H and O–H groups in total. The molecule has 0 aromatic carbocycles. The lowest BCUT2D eigenvalue weighted by Gasteiger charge is -2.37. The molecule has 0 unspecified atom stereocenters. The quantitative estimate of drug-likeness (QED) is 0.484. The molecule has 0 saturated carbocycles. The topological polar surface area (TPSA) is 100 Å². The number of carbonyl (C=O) groups excluding carboxylic acids is 1. The van der Waals surface area contributed by atoms with E-state index in [0.29, 0.717) is 17.4 Å². The molecule has 4 aromatic heterocycles. The fourth-order valence-electron chi connectivity index (χ4n) is 3.90. The summed E-state index contributed by atoms with van der Waals surface area (Å²) in [5, 5.41) is 12.5. The fourth-order valence-corrected chi connectivity index (χ4v) is 4.44. The Hall–Kier alpha value is -3.50. The van der Waals surface area contributed by atoms with Gasteiger partial charge in [0.05, 0.1) is 11.7 Å². The van der Waals surface area contributed by atoms with E-state index < -0.39 is 0 Å². The first-order valence-corrected chi connectivity index (χ1v) is 11.7. The van der Waals surface area contributed by atoms with E-state index in [1.54, 1.807) is 30.2 Å². The van der Waals surface area contributed by atoms with Crippen LogP contribution in [0.25, 0.3) is 21.5 Å². The highest BCUT2D eigenvalue weighted by atomic mass is 32.1. The third-order valence-corrected chi connectivity index (χ3v) is 6.53. The number of hydrogen-bond acceptors (Lipinski definition) is 9. The molecular formula is C23H24N8OS. The first-order chi connectivity index (χ1) is 16.1. The van der Waals surface area contributed by atoms with E-state index in [0.717, 1.165) is 53.5 Å². The van der Waals surface area contributed by atoms with Gasteiger partial charge in [-0.3, -0.25) is 14.7 Å². The summed E-state index contributed by atoms with van der Waals surface area (Å²) in [4.78, 5) is 30.9. The summed E-state index contributed by atoms with van der Waals surface area (Å²) in [6.07, 6.45) is 5.09. The zero-order chi connectivity index (χ0) is 22.8.